The average Bonchev–Trinajstić information content (AvgIpc) is 2.70. The van der Waals surface area contributed by atoms with Gasteiger partial charge >= 0.3 is 0 Å². The highest BCUT2D eigenvalue weighted by molar-refractivity contribution is 8.02. The normalized spacial score (nSPS) is 10.9. The third-order valence-electron chi connectivity index (χ3n) is 2.30. The highest BCUT2D eigenvalue weighted by Crippen LogP contribution is 2.30. The lowest BCUT2D eigenvalue weighted by Gasteiger charge is -2.04. The SMILES string of the molecule is Cc1nnc(SCCSc2cc(Cl)ccc2Cl)n1N. The van der Waals surface area contributed by atoms with Crippen molar-refractivity contribution in [2.24, 2.45) is 0 Å². The van der Waals surface area contributed by atoms with Crippen molar-refractivity contribution < 1.29 is 0 Å². The summed E-state index contributed by atoms with van der Waals surface area (Å²) in [6, 6.07) is 5.45. The summed E-state index contributed by atoms with van der Waals surface area (Å²) in [5.74, 6) is 8.22. The molecule has 1 heterocycles. The molecule has 0 aliphatic rings. The van der Waals surface area contributed by atoms with Crippen LogP contribution in [0.3, 0.4) is 0 Å². The molecule has 0 unspecified atom stereocenters. The zero-order valence-electron chi connectivity index (χ0n) is 10.1. The second kappa shape index (κ2) is 6.74. The summed E-state index contributed by atoms with van der Waals surface area (Å²) >= 11 is 15.2. The highest BCUT2D eigenvalue weighted by Gasteiger charge is 2.07. The molecule has 2 rings (SSSR count). The van der Waals surface area contributed by atoms with Gasteiger partial charge < -0.3 is 5.84 Å². The topological polar surface area (TPSA) is 56.7 Å². The highest BCUT2D eigenvalue weighted by atomic mass is 35.5. The Hall–Kier alpha value is -0.560. The van der Waals surface area contributed by atoms with Crippen molar-refractivity contribution in [2.75, 3.05) is 17.3 Å². The fourth-order valence-corrected chi connectivity index (χ4v) is 3.69. The van der Waals surface area contributed by atoms with Crippen molar-refractivity contribution in [2.45, 2.75) is 17.0 Å². The van der Waals surface area contributed by atoms with Gasteiger partial charge in [0.05, 0.1) is 5.02 Å². The number of halogens is 2. The van der Waals surface area contributed by atoms with E-state index in [1.165, 1.54) is 4.68 Å². The van der Waals surface area contributed by atoms with Gasteiger partial charge in [0.25, 0.3) is 0 Å². The molecule has 0 aliphatic carbocycles. The molecular formula is C11H12Cl2N4S2. The maximum atomic E-state index is 6.09. The Labute approximate surface area is 130 Å². The van der Waals surface area contributed by atoms with Gasteiger partial charge in [-0.05, 0) is 25.1 Å². The van der Waals surface area contributed by atoms with Crippen LogP contribution in [0.2, 0.25) is 10.0 Å². The van der Waals surface area contributed by atoms with Crippen LogP contribution in [0, 0.1) is 6.92 Å². The molecule has 19 heavy (non-hydrogen) atoms. The van der Waals surface area contributed by atoms with Gasteiger partial charge in [-0.15, -0.1) is 22.0 Å². The zero-order chi connectivity index (χ0) is 13.8. The second-order valence-corrected chi connectivity index (χ2v) is 6.71. The fraction of sp³-hybridized carbons (Fsp3) is 0.273. The van der Waals surface area contributed by atoms with Crippen LogP contribution in [0.1, 0.15) is 5.82 Å². The first-order valence-corrected chi connectivity index (χ1v) is 8.18. The van der Waals surface area contributed by atoms with E-state index in [1.807, 2.05) is 13.0 Å². The van der Waals surface area contributed by atoms with Crippen LogP contribution in [0.15, 0.2) is 28.3 Å². The van der Waals surface area contributed by atoms with Gasteiger partial charge in [0, 0.05) is 21.4 Å². The van der Waals surface area contributed by atoms with E-state index in [1.54, 1.807) is 35.7 Å². The number of aromatic nitrogens is 3. The largest absolute Gasteiger partial charge is 0.336 e. The van der Waals surface area contributed by atoms with Crippen LogP contribution < -0.4 is 5.84 Å². The maximum Gasteiger partial charge on any atom is 0.209 e. The van der Waals surface area contributed by atoms with Gasteiger partial charge in [-0.1, -0.05) is 35.0 Å². The minimum Gasteiger partial charge on any atom is -0.336 e. The van der Waals surface area contributed by atoms with E-state index in [-0.39, 0.29) is 0 Å². The number of hydrogen-bond donors (Lipinski definition) is 1. The number of benzene rings is 1. The van der Waals surface area contributed by atoms with Crippen molar-refractivity contribution in [1.29, 1.82) is 0 Å². The van der Waals surface area contributed by atoms with Gasteiger partial charge in [-0.3, -0.25) is 0 Å². The predicted octanol–water partition coefficient (Wildman–Crippen LogP) is 3.49. The molecule has 0 amide bonds. The first-order chi connectivity index (χ1) is 9.08. The Balaban J connectivity index is 1.84. The fourth-order valence-electron chi connectivity index (χ4n) is 1.32. The van der Waals surface area contributed by atoms with Crippen LogP contribution in [-0.2, 0) is 0 Å². The van der Waals surface area contributed by atoms with Gasteiger partial charge in [0.1, 0.15) is 5.82 Å². The lowest BCUT2D eigenvalue weighted by molar-refractivity contribution is 0.826. The number of nitrogen functional groups attached to an aromatic ring is 1. The molecule has 2 N–H and O–H groups in total. The third-order valence-corrected chi connectivity index (χ3v) is 5.24. The van der Waals surface area contributed by atoms with Gasteiger partial charge in [-0.25, -0.2) is 4.68 Å². The van der Waals surface area contributed by atoms with E-state index >= 15 is 0 Å². The zero-order valence-corrected chi connectivity index (χ0v) is 13.3. The maximum absolute atomic E-state index is 6.09. The van der Waals surface area contributed by atoms with Crippen LogP contribution in [0.25, 0.3) is 0 Å². The summed E-state index contributed by atoms with van der Waals surface area (Å²) < 4.78 is 1.49. The molecule has 1 aromatic heterocycles. The van der Waals surface area contributed by atoms with E-state index < -0.39 is 0 Å². The summed E-state index contributed by atoms with van der Waals surface area (Å²) in [7, 11) is 0. The molecule has 0 aliphatic heterocycles. The Kier molecular flexibility index (Phi) is 5.27. The number of nitrogens with two attached hydrogens (primary N) is 1. The van der Waals surface area contributed by atoms with E-state index in [0.717, 1.165) is 26.6 Å². The monoisotopic (exact) mass is 334 g/mol. The number of thioether (sulfide) groups is 2. The molecule has 4 nitrogen and oxygen atoms in total. The van der Waals surface area contributed by atoms with Crippen molar-refractivity contribution in [3.05, 3.63) is 34.1 Å². The molecule has 0 bridgehead atoms. The van der Waals surface area contributed by atoms with Gasteiger partial charge in [-0.2, -0.15) is 0 Å². The molecule has 8 heteroatoms. The summed E-state index contributed by atoms with van der Waals surface area (Å²) in [6.45, 7) is 1.82. The van der Waals surface area contributed by atoms with Gasteiger partial charge in [0.2, 0.25) is 5.16 Å². The number of rotatable bonds is 5. The van der Waals surface area contributed by atoms with E-state index in [4.69, 9.17) is 29.0 Å². The van der Waals surface area contributed by atoms with Crippen molar-refractivity contribution >= 4 is 46.7 Å². The first kappa shape index (κ1) is 14.8. The standard InChI is InChI=1S/C11H12Cl2N4S2/c1-7-15-16-11(17(7)14)19-5-4-18-10-6-8(12)2-3-9(10)13/h2-3,6H,4-5,14H2,1H3. The number of nitrogens with zero attached hydrogens (tertiary/aromatic N) is 3. The van der Waals surface area contributed by atoms with Crippen LogP contribution in [0.5, 0.6) is 0 Å². The average molecular weight is 335 g/mol. The summed E-state index contributed by atoms with van der Waals surface area (Å²) in [5, 5.41) is 10.0. The Morgan fingerprint density at radius 1 is 1.21 bits per heavy atom. The Bertz CT molecular complexity index is 574. The Morgan fingerprint density at radius 3 is 2.63 bits per heavy atom. The van der Waals surface area contributed by atoms with Crippen molar-refractivity contribution in [3.63, 3.8) is 0 Å². The third kappa shape index (κ3) is 3.95. The quantitative estimate of drug-likeness (QED) is 0.515. The summed E-state index contributed by atoms with van der Waals surface area (Å²) in [6.07, 6.45) is 0. The van der Waals surface area contributed by atoms with E-state index in [9.17, 15) is 0 Å². The lowest BCUT2D eigenvalue weighted by atomic mass is 10.4. The lowest BCUT2D eigenvalue weighted by Crippen LogP contribution is -2.11. The molecule has 102 valence electrons. The molecule has 1 aromatic carbocycles. The van der Waals surface area contributed by atoms with Crippen LogP contribution in [-0.4, -0.2) is 26.4 Å². The minimum absolute atomic E-state index is 0.692. The molecule has 0 atom stereocenters. The first-order valence-electron chi connectivity index (χ1n) is 5.45. The molecular weight excluding hydrogens is 323 g/mol. The van der Waals surface area contributed by atoms with Crippen LogP contribution >= 0.6 is 46.7 Å². The Morgan fingerprint density at radius 2 is 1.95 bits per heavy atom. The van der Waals surface area contributed by atoms with Crippen molar-refractivity contribution in [1.82, 2.24) is 14.9 Å². The number of hydrogen-bond acceptors (Lipinski definition) is 5. The molecule has 0 fully saturated rings. The number of aryl methyl sites for hydroxylation is 1. The second-order valence-electron chi connectivity index (χ2n) is 3.67. The molecule has 0 saturated carbocycles. The van der Waals surface area contributed by atoms with Crippen molar-refractivity contribution in [3.8, 4) is 0 Å². The van der Waals surface area contributed by atoms with E-state index in [2.05, 4.69) is 10.2 Å². The minimum atomic E-state index is 0.692. The molecule has 2 aromatic rings. The van der Waals surface area contributed by atoms with Gasteiger partial charge in [0.15, 0.2) is 0 Å². The molecule has 0 spiro atoms. The van der Waals surface area contributed by atoms with Crippen LogP contribution in [0.4, 0.5) is 0 Å². The smallest absolute Gasteiger partial charge is 0.209 e. The summed E-state index contributed by atoms with van der Waals surface area (Å²) in [4.78, 5) is 0.986. The molecule has 0 radical (unpaired) electrons. The van der Waals surface area contributed by atoms with E-state index in [0.29, 0.717) is 10.8 Å². The summed E-state index contributed by atoms with van der Waals surface area (Å²) in [5.41, 5.74) is 0. The molecule has 0 saturated heterocycles. The predicted molar refractivity (Wildman–Crippen MR) is 82.8 cm³/mol.